The van der Waals surface area contributed by atoms with Crippen molar-refractivity contribution in [2.45, 2.75) is 70.3 Å². The summed E-state index contributed by atoms with van der Waals surface area (Å²) in [5, 5.41) is 15.8. The second-order valence-electron chi connectivity index (χ2n) is 10.0. The molecule has 0 aliphatic heterocycles. The topological polar surface area (TPSA) is 114 Å². The minimum Gasteiger partial charge on any atom is -0.382 e. The standard InChI is InChI=1S/C27H33N5O2S/c1-3-27(34,20-8-6-18(7-9-20)25(28)33)26-30-15-22(35-26)21-12-16(2)13-24(31-21)32-23-14-19(10-11-29-23)17-4-5-17/h10-15,17-18,20,34H,3-9H2,1-2H3,(H2,28,33)(H,29,31,32)/t18-,20-,27?. The van der Waals surface area contributed by atoms with Crippen LogP contribution in [0.5, 0.6) is 0 Å². The molecule has 4 N–H and O–H groups in total. The largest absolute Gasteiger partial charge is 0.382 e. The Bertz CT molecular complexity index is 1220. The van der Waals surface area contributed by atoms with E-state index in [1.807, 2.05) is 38.4 Å². The number of thiazole rings is 1. The number of carbonyl (C=O) groups excluding carboxylic acids is 1. The fraction of sp³-hybridized carbons (Fsp3) is 0.481. The number of hydrogen-bond donors (Lipinski definition) is 3. The molecular formula is C27H33N5O2S. The SMILES string of the molecule is CCC(O)(c1ncc(-c2cc(C)cc(Nc3cc(C4CC4)ccn3)n2)s1)[C@H]1CC[C@H](C(N)=O)CC1. The van der Waals surface area contributed by atoms with Crippen LogP contribution < -0.4 is 11.1 Å². The van der Waals surface area contributed by atoms with Gasteiger partial charge in [-0.25, -0.2) is 15.0 Å². The van der Waals surface area contributed by atoms with Crippen molar-refractivity contribution in [2.75, 3.05) is 5.32 Å². The molecule has 5 rings (SSSR count). The maximum Gasteiger partial charge on any atom is 0.220 e. The summed E-state index contributed by atoms with van der Waals surface area (Å²) in [5.41, 5.74) is 7.73. The van der Waals surface area contributed by atoms with Gasteiger partial charge in [0.25, 0.3) is 0 Å². The van der Waals surface area contributed by atoms with Crippen LogP contribution in [-0.4, -0.2) is 26.0 Å². The van der Waals surface area contributed by atoms with Gasteiger partial charge >= 0.3 is 0 Å². The van der Waals surface area contributed by atoms with Crippen LogP contribution in [0.4, 0.5) is 11.6 Å². The first-order valence-corrected chi connectivity index (χ1v) is 13.4. The smallest absolute Gasteiger partial charge is 0.220 e. The summed E-state index contributed by atoms with van der Waals surface area (Å²) in [6, 6.07) is 8.25. The van der Waals surface area contributed by atoms with Gasteiger partial charge in [0.15, 0.2) is 0 Å². The molecule has 2 saturated carbocycles. The van der Waals surface area contributed by atoms with Crippen LogP contribution in [0.2, 0.25) is 0 Å². The molecule has 3 aromatic rings. The average molecular weight is 492 g/mol. The van der Waals surface area contributed by atoms with E-state index in [-0.39, 0.29) is 17.7 Å². The number of aromatic nitrogens is 3. The predicted molar refractivity (Wildman–Crippen MR) is 138 cm³/mol. The number of nitrogens with one attached hydrogen (secondary N) is 1. The fourth-order valence-corrected chi connectivity index (χ4v) is 6.35. The summed E-state index contributed by atoms with van der Waals surface area (Å²) in [4.78, 5) is 26.4. The van der Waals surface area contributed by atoms with Gasteiger partial charge in [0.05, 0.1) is 10.6 Å². The number of aliphatic hydroxyl groups is 1. The van der Waals surface area contributed by atoms with Crippen molar-refractivity contribution in [3.05, 3.63) is 52.8 Å². The quantitative estimate of drug-likeness (QED) is 0.388. The Balaban J connectivity index is 1.36. The Morgan fingerprint density at radius 2 is 1.91 bits per heavy atom. The number of rotatable bonds is 8. The molecule has 3 heterocycles. The molecule has 3 aromatic heterocycles. The van der Waals surface area contributed by atoms with E-state index in [2.05, 4.69) is 27.4 Å². The van der Waals surface area contributed by atoms with Crippen LogP contribution in [0.3, 0.4) is 0 Å². The van der Waals surface area contributed by atoms with Crippen molar-refractivity contribution in [2.24, 2.45) is 17.6 Å². The second-order valence-corrected chi connectivity index (χ2v) is 11.1. The van der Waals surface area contributed by atoms with E-state index >= 15 is 0 Å². The molecule has 0 saturated heterocycles. The Labute approximate surface area is 210 Å². The third-order valence-electron chi connectivity index (χ3n) is 7.53. The highest BCUT2D eigenvalue weighted by Crippen LogP contribution is 2.45. The summed E-state index contributed by atoms with van der Waals surface area (Å²) in [6.45, 7) is 4.04. The third kappa shape index (κ3) is 5.09. The minimum atomic E-state index is -1.01. The zero-order chi connectivity index (χ0) is 24.6. The summed E-state index contributed by atoms with van der Waals surface area (Å²) >= 11 is 1.50. The molecule has 35 heavy (non-hydrogen) atoms. The highest BCUT2D eigenvalue weighted by Gasteiger charge is 2.42. The fourth-order valence-electron chi connectivity index (χ4n) is 5.24. The number of nitrogens with zero attached hydrogens (tertiary/aromatic N) is 3. The second kappa shape index (κ2) is 9.66. The lowest BCUT2D eigenvalue weighted by Crippen LogP contribution is -2.38. The lowest BCUT2D eigenvalue weighted by atomic mass is 9.72. The molecule has 0 radical (unpaired) electrons. The van der Waals surface area contributed by atoms with E-state index in [1.54, 1.807) is 0 Å². The average Bonchev–Trinajstić information content (AvgIpc) is 3.59. The molecule has 1 unspecified atom stereocenters. The molecular weight excluding hydrogens is 458 g/mol. The first kappa shape index (κ1) is 23.9. The van der Waals surface area contributed by atoms with Gasteiger partial charge in [-0.2, -0.15) is 0 Å². The van der Waals surface area contributed by atoms with E-state index in [0.29, 0.717) is 17.3 Å². The maximum atomic E-state index is 11.7. The highest BCUT2D eigenvalue weighted by atomic mass is 32.1. The van der Waals surface area contributed by atoms with Gasteiger partial charge in [-0.15, -0.1) is 11.3 Å². The number of primary amides is 1. The maximum absolute atomic E-state index is 11.7. The number of pyridine rings is 2. The lowest BCUT2D eigenvalue weighted by molar-refractivity contribution is -0.124. The minimum absolute atomic E-state index is 0.0645. The van der Waals surface area contributed by atoms with Crippen molar-refractivity contribution >= 4 is 28.9 Å². The van der Waals surface area contributed by atoms with Crippen molar-refractivity contribution in [1.82, 2.24) is 15.0 Å². The van der Waals surface area contributed by atoms with Gasteiger partial charge in [0.2, 0.25) is 5.91 Å². The molecule has 2 aliphatic rings. The lowest BCUT2D eigenvalue weighted by Gasteiger charge is -2.38. The van der Waals surface area contributed by atoms with Crippen LogP contribution in [0, 0.1) is 18.8 Å². The molecule has 2 aliphatic carbocycles. The van der Waals surface area contributed by atoms with Gasteiger partial charge in [-0.1, -0.05) is 6.92 Å². The van der Waals surface area contributed by atoms with Crippen LogP contribution in [0.15, 0.2) is 36.7 Å². The first-order valence-electron chi connectivity index (χ1n) is 12.6. The number of amides is 1. The molecule has 2 fully saturated rings. The summed E-state index contributed by atoms with van der Waals surface area (Å²) in [5.74, 6) is 1.96. The number of aryl methyl sites for hydroxylation is 1. The highest BCUT2D eigenvalue weighted by molar-refractivity contribution is 7.15. The van der Waals surface area contributed by atoms with E-state index in [4.69, 9.17) is 10.7 Å². The molecule has 7 nitrogen and oxygen atoms in total. The molecule has 1 amide bonds. The Kier molecular flexibility index (Phi) is 6.59. The molecule has 0 bridgehead atoms. The zero-order valence-corrected chi connectivity index (χ0v) is 21.1. The number of carbonyl (C=O) groups is 1. The van der Waals surface area contributed by atoms with Crippen molar-refractivity contribution in [3.63, 3.8) is 0 Å². The van der Waals surface area contributed by atoms with Crippen LogP contribution >= 0.6 is 11.3 Å². The van der Waals surface area contributed by atoms with Gasteiger partial charge in [0, 0.05) is 18.3 Å². The van der Waals surface area contributed by atoms with Crippen molar-refractivity contribution in [1.29, 1.82) is 0 Å². The Morgan fingerprint density at radius 3 is 2.60 bits per heavy atom. The number of anilines is 2. The van der Waals surface area contributed by atoms with E-state index in [1.165, 1.54) is 29.7 Å². The summed E-state index contributed by atoms with van der Waals surface area (Å²) in [6.07, 6.45) is 9.74. The van der Waals surface area contributed by atoms with Gasteiger partial charge in [-0.3, -0.25) is 4.79 Å². The van der Waals surface area contributed by atoms with E-state index in [0.717, 1.165) is 53.5 Å². The van der Waals surface area contributed by atoms with Gasteiger partial charge in [-0.05, 0) is 99.1 Å². The normalized spacial score (nSPS) is 21.9. The Hall–Kier alpha value is -2.84. The molecule has 0 spiro atoms. The van der Waals surface area contributed by atoms with Gasteiger partial charge < -0.3 is 16.2 Å². The number of nitrogens with two attached hydrogens (primary N) is 1. The summed E-state index contributed by atoms with van der Waals surface area (Å²) < 4.78 is 0. The third-order valence-corrected chi connectivity index (χ3v) is 8.72. The first-order chi connectivity index (χ1) is 16.9. The molecule has 1 atom stereocenters. The van der Waals surface area contributed by atoms with Crippen molar-refractivity contribution < 1.29 is 9.90 Å². The number of hydrogen-bond acceptors (Lipinski definition) is 7. The van der Waals surface area contributed by atoms with Crippen molar-refractivity contribution in [3.8, 4) is 10.6 Å². The van der Waals surface area contributed by atoms with Crippen LogP contribution in [0.25, 0.3) is 10.6 Å². The van der Waals surface area contributed by atoms with Crippen LogP contribution in [-0.2, 0) is 10.4 Å². The zero-order valence-electron chi connectivity index (χ0n) is 20.3. The van der Waals surface area contributed by atoms with E-state index in [9.17, 15) is 9.90 Å². The predicted octanol–water partition coefficient (Wildman–Crippen LogP) is 5.42. The van der Waals surface area contributed by atoms with Gasteiger partial charge in [0.1, 0.15) is 22.2 Å². The summed E-state index contributed by atoms with van der Waals surface area (Å²) in [7, 11) is 0. The Morgan fingerprint density at radius 1 is 1.14 bits per heavy atom. The monoisotopic (exact) mass is 491 g/mol. The van der Waals surface area contributed by atoms with E-state index < -0.39 is 5.60 Å². The molecule has 8 heteroatoms. The molecule has 0 aromatic carbocycles. The van der Waals surface area contributed by atoms with Crippen LogP contribution in [0.1, 0.15) is 73.9 Å². The molecule has 184 valence electrons.